The smallest absolute Gasteiger partial charge is 0.213 e. The molecule has 7 nitrogen and oxygen atoms in total. The molecule has 1 aliphatic heterocycles. The lowest BCUT2D eigenvalue weighted by atomic mass is 10.2. The highest BCUT2D eigenvalue weighted by atomic mass is 127. The third-order valence-electron chi connectivity index (χ3n) is 4.81. The molecule has 0 spiro atoms. The predicted octanol–water partition coefficient (Wildman–Crippen LogP) is 2.42. The van der Waals surface area contributed by atoms with Gasteiger partial charge in [0, 0.05) is 50.7 Å². The fourth-order valence-corrected chi connectivity index (χ4v) is 3.08. The highest BCUT2D eigenvalue weighted by molar-refractivity contribution is 14.0. The number of hydrogen-bond acceptors (Lipinski definition) is 5. The molecule has 0 bridgehead atoms. The molecule has 0 amide bonds. The summed E-state index contributed by atoms with van der Waals surface area (Å²) in [6.07, 6.45) is 1.73. The Hall–Kier alpha value is -2.14. The zero-order valence-electron chi connectivity index (χ0n) is 17.5. The molecule has 0 radical (unpaired) electrons. The van der Waals surface area contributed by atoms with Crippen LogP contribution in [0.25, 0.3) is 0 Å². The molecule has 1 fully saturated rings. The van der Waals surface area contributed by atoms with Gasteiger partial charge in [-0.15, -0.1) is 24.0 Å². The van der Waals surface area contributed by atoms with Gasteiger partial charge in [0.15, 0.2) is 5.96 Å². The molecule has 3 rings (SSSR count). The number of guanidine groups is 1. The van der Waals surface area contributed by atoms with Gasteiger partial charge >= 0.3 is 0 Å². The van der Waals surface area contributed by atoms with E-state index in [-0.39, 0.29) is 29.8 Å². The Morgan fingerprint density at radius 2 is 1.87 bits per heavy atom. The van der Waals surface area contributed by atoms with Crippen molar-refractivity contribution < 1.29 is 9.13 Å². The molecule has 0 atom stereocenters. The first-order chi connectivity index (χ1) is 14.0. The molecule has 0 unspecified atom stereocenters. The molecule has 1 aromatic carbocycles. The number of pyridine rings is 1. The first kappa shape index (κ1) is 24.1. The summed E-state index contributed by atoms with van der Waals surface area (Å²) in [5.41, 5.74) is 8.24. The normalized spacial score (nSPS) is 14.6. The van der Waals surface area contributed by atoms with Gasteiger partial charge in [-0.3, -0.25) is 0 Å². The summed E-state index contributed by atoms with van der Waals surface area (Å²) in [4.78, 5) is 15.1. The Morgan fingerprint density at radius 3 is 2.53 bits per heavy atom. The fourth-order valence-electron chi connectivity index (χ4n) is 3.08. The van der Waals surface area contributed by atoms with Crippen molar-refractivity contribution in [3.8, 4) is 5.88 Å². The summed E-state index contributed by atoms with van der Waals surface area (Å²) in [5.74, 6) is 0.924. The van der Waals surface area contributed by atoms with E-state index >= 15 is 0 Å². The predicted molar refractivity (Wildman–Crippen MR) is 129 cm³/mol. The number of aromatic nitrogens is 1. The number of piperazine rings is 1. The second kappa shape index (κ2) is 11.9. The maximum Gasteiger partial charge on any atom is 0.213 e. The lowest BCUT2D eigenvalue weighted by molar-refractivity contribution is 0.253. The Balaban J connectivity index is 0.00000320. The molecule has 1 aromatic heterocycles. The van der Waals surface area contributed by atoms with E-state index in [0.29, 0.717) is 25.0 Å². The molecule has 1 aliphatic rings. The summed E-state index contributed by atoms with van der Waals surface area (Å²) < 4.78 is 18.8. The SMILES string of the molecule is CN(C)CCOc1cc(CN=C(N)N2CCN(c3ccc(F)cc3)CC2)ccn1.I. The van der Waals surface area contributed by atoms with Crippen LogP contribution in [0.2, 0.25) is 0 Å². The summed E-state index contributed by atoms with van der Waals surface area (Å²) >= 11 is 0. The van der Waals surface area contributed by atoms with Crippen LogP contribution in [0.3, 0.4) is 0 Å². The number of aliphatic imine (C=N–C) groups is 1. The quantitative estimate of drug-likeness (QED) is 0.338. The molecular formula is C21H30FIN6O. The Kier molecular flexibility index (Phi) is 9.57. The Bertz CT molecular complexity index is 809. The summed E-state index contributed by atoms with van der Waals surface area (Å²) in [6, 6.07) is 10.4. The highest BCUT2D eigenvalue weighted by Gasteiger charge is 2.18. The minimum Gasteiger partial charge on any atom is -0.476 e. The van der Waals surface area contributed by atoms with Crippen LogP contribution in [-0.2, 0) is 6.54 Å². The third-order valence-corrected chi connectivity index (χ3v) is 4.81. The maximum absolute atomic E-state index is 13.1. The second-order valence-electron chi connectivity index (χ2n) is 7.28. The molecule has 9 heteroatoms. The van der Waals surface area contributed by atoms with Crippen LogP contribution >= 0.6 is 24.0 Å². The zero-order chi connectivity index (χ0) is 20.6. The lowest BCUT2D eigenvalue weighted by Gasteiger charge is -2.36. The number of anilines is 1. The Morgan fingerprint density at radius 1 is 1.17 bits per heavy atom. The summed E-state index contributed by atoms with van der Waals surface area (Å²) in [7, 11) is 4.01. The average Bonchev–Trinajstić information content (AvgIpc) is 2.73. The summed E-state index contributed by atoms with van der Waals surface area (Å²) in [6.45, 7) is 5.11. The van der Waals surface area contributed by atoms with Gasteiger partial charge < -0.3 is 25.2 Å². The first-order valence-electron chi connectivity index (χ1n) is 9.79. The number of nitrogens with zero attached hydrogens (tertiary/aromatic N) is 5. The van der Waals surface area contributed by atoms with Crippen LogP contribution in [-0.4, -0.2) is 74.2 Å². The largest absolute Gasteiger partial charge is 0.476 e. The van der Waals surface area contributed by atoms with E-state index in [4.69, 9.17) is 10.5 Å². The number of halogens is 2. The highest BCUT2D eigenvalue weighted by Crippen LogP contribution is 2.17. The number of ether oxygens (including phenoxy) is 1. The van der Waals surface area contributed by atoms with Gasteiger partial charge in [0.25, 0.3) is 0 Å². The van der Waals surface area contributed by atoms with Gasteiger partial charge in [-0.25, -0.2) is 14.4 Å². The van der Waals surface area contributed by atoms with Crippen LogP contribution in [0.1, 0.15) is 5.56 Å². The van der Waals surface area contributed by atoms with Gasteiger partial charge in [0.2, 0.25) is 5.88 Å². The summed E-state index contributed by atoms with van der Waals surface area (Å²) in [5, 5.41) is 0. The molecule has 164 valence electrons. The van der Waals surface area contributed by atoms with Crippen molar-refractivity contribution in [3.05, 3.63) is 54.0 Å². The second-order valence-corrected chi connectivity index (χ2v) is 7.28. The third kappa shape index (κ3) is 7.28. The van der Waals surface area contributed by atoms with Crippen molar-refractivity contribution >= 4 is 35.6 Å². The molecule has 1 saturated heterocycles. The van der Waals surface area contributed by atoms with E-state index in [1.165, 1.54) is 12.1 Å². The number of benzene rings is 1. The number of nitrogens with two attached hydrogens (primary N) is 1. The number of likely N-dealkylation sites (N-methyl/N-ethyl adjacent to an activating group) is 1. The van der Waals surface area contributed by atoms with Crippen molar-refractivity contribution in [2.75, 3.05) is 58.3 Å². The van der Waals surface area contributed by atoms with E-state index in [2.05, 4.69) is 24.7 Å². The van der Waals surface area contributed by atoms with E-state index < -0.39 is 0 Å². The molecule has 30 heavy (non-hydrogen) atoms. The van der Waals surface area contributed by atoms with Gasteiger partial charge in [0.05, 0.1) is 6.54 Å². The lowest BCUT2D eigenvalue weighted by Crippen LogP contribution is -2.51. The van der Waals surface area contributed by atoms with Gasteiger partial charge in [-0.2, -0.15) is 0 Å². The van der Waals surface area contributed by atoms with E-state index in [1.807, 2.05) is 38.4 Å². The van der Waals surface area contributed by atoms with E-state index in [0.717, 1.165) is 44.0 Å². The molecule has 0 saturated carbocycles. The van der Waals surface area contributed by atoms with Crippen molar-refractivity contribution in [2.45, 2.75) is 6.54 Å². The maximum atomic E-state index is 13.1. The van der Waals surface area contributed by atoms with Crippen LogP contribution in [0.15, 0.2) is 47.6 Å². The zero-order valence-corrected chi connectivity index (χ0v) is 19.8. The topological polar surface area (TPSA) is 70.2 Å². The molecule has 0 aliphatic carbocycles. The van der Waals surface area contributed by atoms with Crippen LogP contribution in [0.5, 0.6) is 5.88 Å². The molecule has 2 heterocycles. The van der Waals surface area contributed by atoms with Crippen molar-refractivity contribution in [3.63, 3.8) is 0 Å². The van der Waals surface area contributed by atoms with Crippen LogP contribution in [0.4, 0.5) is 10.1 Å². The van der Waals surface area contributed by atoms with E-state index in [9.17, 15) is 4.39 Å². The van der Waals surface area contributed by atoms with Crippen LogP contribution in [0, 0.1) is 5.82 Å². The van der Waals surface area contributed by atoms with Crippen LogP contribution < -0.4 is 15.4 Å². The van der Waals surface area contributed by atoms with Gasteiger partial charge in [-0.05, 0) is 50.0 Å². The monoisotopic (exact) mass is 528 g/mol. The Labute approximate surface area is 194 Å². The van der Waals surface area contributed by atoms with Gasteiger partial charge in [0.1, 0.15) is 12.4 Å². The molecular weight excluding hydrogens is 498 g/mol. The average molecular weight is 528 g/mol. The fraction of sp³-hybridized carbons (Fsp3) is 0.429. The number of hydrogen-bond donors (Lipinski definition) is 1. The molecule has 2 aromatic rings. The number of rotatable bonds is 7. The van der Waals surface area contributed by atoms with Crippen molar-refractivity contribution in [1.82, 2.24) is 14.8 Å². The minimum atomic E-state index is -0.217. The first-order valence-corrected chi connectivity index (χ1v) is 9.79. The molecule has 2 N–H and O–H groups in total. The van der Waals surface area contributed by atoms with Crippen molar-refractivity contribution in [1.29, 1.82) is 0 Å². The minimum absolute atomic E-state index is 0. The van der Waals surface area contributed by atoms with E-state index in [1.54, 1.807) is 6.20 Å². The van der Waals surface area contributed by atoms with Crippen molar-refractivity contribution in [2.24, 2.45) is 10.7 Å². The standard InChI is InChI=1S/C21H29FN6O.HI/c1-26(2)13-14-29-20-15-17(7-8-24-20)16-25-21(23)28-11-9-27(10-12-28)19-5-3-18(22)4-6-19;/h3-8,15H,9-14,16H2,1-2H3,(H2,23,25);1H. The van der Waals surface area contributed by atoms with Gasteiger partial charge in [-0.1, -0.05) is 0 Å².